The van der Waals surface area contributed by atoms with Crippen LogP contribution in [0.15, 0.2) is 74.8 Å². The number of rotatable bonds is 3. The third-order valence-electron chi connectivity index (χ3n) is 3.84. The van der Waals surface area contributed by atoms with E-state index >= 15 is 0 Å². The van der Waals surface area contributed by atoms with Crippen LogP contribution in [0.3, 0.4) is 0 Å². The van der Waals surface area contributed by atoms with Crippen molar-refractivity contribution in [2.45, 2.75) is 6.92 Å². The number of aryl methyl sites for hydroxylation is 1. The van der Waals surface area contributed by atoms with Crippen molar-refractivity contribution in [2.24, 2.45) is 0 Å². The summed E-state index contributed by atoms with van der Waals surface area (Å²) in [7, 11) is 0. The van der Waals surface area contributed by atoms with Crippen LogP contribution in [0.25, 0.3) is 22.5 Å². The van der Waals surface area contributed by atoms with Crippen molar-refractivity contribution in [3.63, 3.8) is 0 Å². The molecule has 26 heavy (non-hydrogen) atoms. The van der Waals surface area contributed by atoms with E-state index in [2.05, 4.69) is 4.98 Å². The average Bonchev–Trinajstić information content (AvgIpc) is 3.19. The Hall–Kier alpha value is -3.67. The highest BCUT2D eigenvalue weighted by Crippen LogP contribution is 2.31. The van der Waals surface area contributed by atoms with E-state index in [0.717, 1.165) is 5.56 Å². The molecule has 6 heteroatoms. The largest absolute Gasteiger partial charge is 0.461 e. The molecule has 1 aromatic carbocycles. The van der Waals surface area contributed by atoms with Gasteiger partial charge in [0.25, 0.3) is 0 Å². The highest BCUT2D eigenvalue weighted by atomic mass is 16.5. The number of pyridine rings is 1. The number of ether oxygens (including phenoxy) is 1. The topological polar surface area (TPSA) is 82.5 Å². The molecule has 0 saturated carbocycles. The van der Waals surface area contributed by atoms with Gasteiger partial charge < -0.3 is 13.6 Å². The van der Waals surface area contributed by atoms with Crippen LogP contribution in [0.2, 0.25) is 0 Å². The summed E-state index contributed by atoms with van der Waals surface area (Å²) in [5.74, 6) is -0.565. The van der Waals surface area contributed by atoms with Crippen molar-refractivity contribution < 1.29 is 18.4 Å². The molecule has 6 nitrogen and oxygen atoms in total. The first-order chi connectivity index (χ1) is 12.6. The van der Waals surface area contributed by atoms with Crippen LogP contribution in [0.5, 0.6) is 5.75 Å². The minimum atomic E-state index is -0.704. The molecule has 0 unspecified atom stereocenters. The normalized spacial score (nSPS) is 10.8. The van der Waals surface area contributed by atoms with Gasteiger partial charge in [0.2, 0.25) is 16.9 Å². The molecule has 3 heterocycles. The van der Waals surface area contributed by atoms with Crippen LogP contribution in [-0.4, -0.2) is 11.0 Å². The molecule has 0 aliphatic carbocycles. The molecule has 4 rings (SSSR count). The van der Waals surface area contributed by atoms with Gasteiger partial charge in [-0.25, -0.2) is 4.79 Å². The molecule has 3 aromatic heterocycles. The van der Waals surface area contributed by atoms with E-state index in [0.29, 0.717) is 16.7 Å². The van der Waals surface area contributed by atoms with Crippen LogP contribution in [0, 0.1) is 6.92 Å². The Morgan fingerprint density at radius 2 is 2.04 bits per heavy atom. The van der Waals surface area contributed by atoms with Crippen molar-refractivity contribution in [3.05, 3.63) is 82.5 Å². The Balaban J connectivity index is 1.90. The highest BCUT2D eigenvalue weighted by molar-refractivity contribution is 5.92. The number of nitrogens with zero attached hydrogens (tertiary/aromatic N) is 1. The first-order valence-corrected chi connectivity index (χ1v) is 7.87. The fraction of sp³-hybridized carbons (Fsp3) is 0.0500. The summed E-state index contributed by atoms with van der Waals surface area (Å²) in [5, 5.41) is 0.319. The SMILES string of the molecule is Cc1ccc2c(=O)c(OC(=O)c3cccnc3)c(-c3ccco3)oc2c1. The van der Waals surface area contributed by atoms with Gasteiger partial charge >= 0.3 is 5.97 Å². The number of carbonyl (C=O) groups is 1. The fourth-order valence-electron chi connectivity index (χ4n) is 2.58. The molecule has 128 valence electrons. The Bertz CT molecular complexity index is 1140. The number of aromatic nitrogens is 1. The minimum Gasteiger partial charge on any atom is -0.461 e. The number of furan rings is 1. The predicted molar refractivity (Wildman–Crippen MR) is 94.1 cm³/mol. The summed E-state index contributed by atoms with van der Waals surface area (Å²) in [6, 6.07) is 11.6. The van der Waals surface area contributed by atoms with Crippen molar-refractivity contribution >= 4 is 16.9 Å². The molecule has 0 atom stereocenters. The van der Waals surface area contributed by atoms with E-state index in [4.69, 9.17) is 13.6 Å². The van der Waals surface area contributed by atoms with Crippen molar-refractivity contribution in [1.29, 1.82) is 0 Å². The third kappa shape index (κ3) is 2.77. The summed E-state index contributed by atoms with van der Waals surface area (Å²) in [5.41, 5.74) is 1.10. The number of hydrogen-bond acceptors (Lipinski definition) is 6. The maximum Gasteiger partial charge on any atom is 0.345 e. The molecule has 0 amide bonds. The number of benzene rings is 1. The second-order valence-electron chi connectivity index (χ2n) is 5.70. The molecule has 0 spiro atoms. The van der Waals surface area contributed by atoms with Crippen molar-refractivity contribution in [2.75, 3.05) is 0 Å². The van der Waals surface area contributed by atoms with Gasteiger partial charge in [0.1, 0.15) is 5.58 Å². The fourth-order valence-corrected chi connectivity index (χ4v) is 2.58. The quantitative estimate of drug-likeness (QED) is 0.521. The van der Waals surface area contributed by atoms with E-state index in [-0.39, 0.29) is 17.1 Å². The maximum absolute atomic E-state index is 12.9. The van der Waals surface area contributed by atoms with E-state index < -0.39 is 11.4 Å². The Kier molecular flexibility index (Phi) is 3.85. The molecule has 0 fully saturated rings. The second-order valence-corrected chi connectivity index (χ2v) is 5.70. The zero-order chi connectivity index (χ0) is 18.1. The van der Waals surface area contributed by atoms with Gasteiger partial charge in [-0.15, -0.1) is 0 Å². The third-order valence-corrected chi connectivity index (χ3v) is 3.84. The smallest absolute Gasteiger partial charge is 0.345 e. The number of carbonyl (C=O) groups excluding carboxylic acids is 1. The number of esters is 1. The van der Waals surface area contributed by atoms with Gasteiger partial charge in [-0.3, -0.25) is 9.78 Å². The first-order valence-electron chi connectivity index (χ1n) is 7.87. The Labute approximate surface area is 147 Å². The van der Waals surface area contributed by atoms with Gasteiger partial charge in [0.05, 0.1) is 17.2 Å². The minimum absolute atomic E-state index is 0.0651. The van der Waals surface area contributed by atoms with Gasteiger partial charge in [-0.05, 0) is 48.9 Å². The molecular formula is C20H13NO5. The molecule has 0 aliphatic rings. The zero-order valence-electron chi connectivity index (χ0n) is 13.8. The lowest BCUT2D eigenvalue weighted by atomic mass is 10.1. The summed E-state index contributed by atoms with van der Waals surface area (Å²) < 4.78 is 16.6. The van der Waals surface area contributed by atoms with E-state index in [9.17, 15) is 9.59 Å². The van der Waals surface area contributed by atoms with Crippen LogP contribution in [-0.2, 0) is 0 Å². The van der Waals surface area contributed by atoms with Gasteiger partial charge in [-0.1, -0.05) is 6.07 Å². The van der Waals surface area contributed by atoms with Gasteiger partial charge in [0.15, 0.2) is 5.76 Å². The Morgan fingerprint density at radius 3 is 2.77 bits per heavy atom. The molecular weight excluding hydrogens is 334 g/mol. The summed E-state index contributed by atoms with van der Waals surface area (Å²) in [6.07, 6.45) is 4.35. The summed E-state index contributed by atoms with van der Waals surface area (Å²) in [4.78, 5) is 29.2. The lowest BCUT2D eigenvalue weighted by molar-refractivity contribution is 0.0730. The van der Waals surface area contributed by atoms with Gasteiger partial charge in [0, 0.05) is 12.4 Å². The highest BCUT2D eigenvalue weighted by Gasteiger charge is 2.22. The molecule has 0 bridgehead atoms. The predicted octanol–water partition coefficient (Wildman–Crippen LogP) is 3.98. The lowest BCUT2D eigenvalue weighted by Gasteiger charge is -2.09. The molecule has 0 radical (unpaired) electrons. The monoisotopic (exact) mass is 347 g/mol. The summed E-state index contributed by atoms with van der Waals surface area (Å²) in [6.45, 7) is 1.89. The molecule has 0 N–H and O–H groups in total. The number of hydrogen-bond donors (Lipinski definition) is 0. The maximum atomic E-state index is 12.9. The van der Waals surface area contributed by atoms with Crippen LogP contribution < -0.4 is 10.2 Å². The Morgan fingerprint density at radius 1 is 1.15 bits per heavy atom. The average molecular weight is 347 g/mol. The van der Waals surface area contributed by atoms with E-state index in [1.54, 1.807) is 42.5 Å². The zero-order valence-corrected chi connectivity index (χ0v) is 13.8. The van der Waals surface area contributed by atoms with E-state index in [1.807, 2.05) is 6.92 Å². The van der Waals surface area contributed by atoms with Crippen molar-refractivity contribution in [3.8, 4) is 17.3 Å². The second kappa shape index (κ2) is 6.33. The van der Waals surface area contributed by atoms with Crippen LogP contribution in [0.4, 0.5) is 0 Å². The standard InChI is InChI=1S/C20H13NO5/c1-12-6-7-14-16(10-12)25-18(15-5-3-9-24-15)19(17(14)22)26-20(23)13-4-2-8-21-11-13/h2-11H,1H3. The first kappa shape index (κ1) is 15.8. The summed E-state index contributed by atoms with van der Waals surface area (Å²) >= 11 is 0. The van der Waals surface area contributed by atoms with Crippen LogP contribution >= 0.6 is 0 Å². The number of fused-ring (bicyclic) bond motifs is 1. The lowest BCUT2D eigenvalue weighted by Crippen LogP contribution is -2.16. The molecule has 4 aromatic rings. The van der Waals surface area contributed by atoms with Crippen LogP contribution in [0.1, 0.15) is 15.9 Å². The molecule has 0 saturated heterocycles. The molecule has 0 aliphatic heterocycles. The van der Waals surface area contributed by atoms with E-state index in [1.165, 1.54) is 18.7 Å². The van der Waals surface area contributed by atoms with Crippen molar-refractivity contribution in [1.82, 2.24) is 4.98 Å². The van der Waals surface area contributed by atoms with Gasteiger partial charge in [-0.2, -0.15) is 0 Å².